The van der Waals surface area contributed by atoms with Crippen molar-refractivity contribution in [3.63, 3.8) is 0 Å². The molecule has 0 rings (SSSR count). The summed E-state index contributed by atoms with van der Waals surface area (Å²) in [6.07, 6.45) is 1.09. The van der Waals surface area contributed by atoms with E-state index in [-0.39, 0.29) is 12.3 Å². The van der Waals surface area contributed by atoms with Crippen LogP contribution in [0.2, 0.25) is 0 Å². The highest BCUT2D eigenvalue weighted by atomic mass is 32.2. The minimum Gasteiger partial charge on any atom is -0.330 e. The summed E-state index contributed by atoms with van der Waals surface area (Å²) in [5.41, 5.74) is 5.46. The van der Waals surface area contributed by atoms with Crippen LogP contribution in [0.25, 0.3) is 0 Å². The first kappa shape index (κ1) is 15.4. The third-order valence-corrected chi connectivity index (χ3v) is 3.60. The van der Waals surface area contributed by atoms with Crippen molar-refractivity contribution in [2.45, 2.75) is 33.6 Å². The van der Waals surface area contributed by atoms with Gasteiger partial charge >= 0.3 is 0 Å². The molecule has 96 valence electrons. The molecule has 0 aliphatic rings. The molecular formula is C10H22N2O3S. The fourth-order valence-electron chi connectivity index (χ4n) is 1.44. The summed E-state index contributed by atoms with van der Waals surface area (Å²) < 4.78 is 24.8. The molecule has 0 radical (unpaired) electrons. The van der Waals surface area contributed by atoms with Crippen molar-refractivity contribution in [3.05, 3.63) is 0 Å². The molecule has 6 heteroatoms. The van der Waals surface area contributed by atoms with Crippen LogP contribution >= 0.6 is 0 Å². The maximum Gasteiger partial charge on any atom is 0.237 e. The molecule has 0 spiro atoms. The molecule has 0 saturated heterocycles. The molecule has 0 fully saturated rings. The fourth-order valence-corrected chi connectivity index (χ4v) is 2.55. The Morgan fingerprint density at radius 3 is 2.31 bits per heavy atom. The van der Waals surface area contributed by atoms with E-state index in [9.17, 15) is 13.2 Å². The lowest BCUT2D eigenvalue weighted by atomic mass is 9.97. The van der Waals surface area contributed by atoms with E-state index in [2.05, 4.69) is 4.72 Å². The highest BCUT2D eigenvalue weighted by molar-refractivity contribution is 7.90. The summed E-state index contributed by atoms with van der Waals surface area (Å²) in [4.78, 5) is 11.6. The van der Waals surface area contributed by atoms with Gasteiger partial charge in [0.2, 0.25) is 15.9 Å². The number of rotatable bonds is 7. The van der Waals surface area contributed by atoms with Crippen molar-refractivity contribution in [2.24, 2.45) is 17.6 Å². The maximum atomic E-state index is 11.6. The summed E-state index contributed by atoms with van der Waals surface area (Å²) in [6.45, 7) is 5.86. The van der Waals surface area contributed by atoms with Crippen LogP contribution in [0, 0.1) is 11.8 Å². The molecule has 0 aromatic carbocycles. The second-order valence-corrected chi connectivity index (χ2v) is 6.19. The summed E-state index contributed by atoms with van der Waals surface area (Å²) >= 11 is 0. The molecule has 0 aliphatic carbocycles. The van der Waals surface area contributed by atoms with E-state index in [1.165, 1.54) is 0 Å². The van der Waals surface area contributed by atoms with Crippen LogP contribution in [0.3, 0.4) is 0 Å². The molecule has 1 unspecified atom stereocenters. The monoisotopic (exact) mass is 250 g/mol. The first-order valence-corrected chi connectivity index (χ1v) is 7.22. The second-order valence-electron chi connectivity index (χ2n) is 4.35. The quantitative estimate of drug-likeness (QED) is 0.687. The van der Waals surface area contributed by atoms with Gasteiger partial charge in [-0.05, 0) is 18.8 Å². The van der Waals surface area contributed by atoms with Gasteiger partial charge in [0.15, 0.2) is 0 Å². The Morgan fingerprint density at radius 1 is 1.38 bits per heavy atom. The van der Waals surface area contributed by atoms with Gasteiger partial charge in [-0.1, -0.05) is 20.8 Å². The lowest BCUT2D eigenvalue weighted by Crippen LogP contribution is -2.40. The minimum absolute atomic E-state index is 0.0300. The molecular weight excluding hydrogens is 228 g/mol. The normalized spacial score (nSPS) is 13.8. The number of hydrogen-bond acceptors (Lipinski definition) is 4. The zero-order valence-electron chi connectivity index (χ0n) is 10.2. The van der Waals surface area contributed by atoms with Gasteiger partial charge in [-0.2, -0.15) is 0 Å². The van der Waals surface area contributed by atoms with Gasteiger partial charge in [0.1, 0.15) is 0 Å². The minimum atomic E-state index is -3.48. The molecule has 0 bridgehead atoms. The van der Waals surface area contributed by atoms with Crippen LogP contribution in [0.1, 0.15) is 33.6 Å². The van der Waals surface area contributed by atoms with Crippen molar-refractivity contribution < 1.29 is 13.2 Å². The van der Waals surface area contributed by atoms with Crippen LogP contribution in [0.4, 0.5) is 0 Å². The summed E-state index contributed by atoms with van der Waals surface area (Å²) in [6, 6.07) is 0. The molecule has 0 aliphatic heterocycles. The van der Waals surface area contributed by atoms with Crippen molar-refractivity contribution in [1.82, 2.24) is 4.72 Å². The second kappa shape index (κ2) is 6.85. The largest absolute Gasteiger partial charge is 0.330 e. The predicted molar refractivity (Wildman–Crippen MR) is 64.2 cm³/mol. The number of nitrogens with one attached hydrogen (secondary N) is 1. The van der Waals surface area contributed by atoms with E-state index in [0.29, 0.717) is 18.8 Å². The van der Waals surface area contributed by atoms with Crippen molar-refractivity contribution in [3.8, 4) is 0 Å². The van der Waals surface area contributed by atoms with Gasteiger partial charge in [0, 0.05) is 6.54 Å². The average Bonchev–Trinajstić information content (AvgIpc) is 2.12. The number of carbonyl (C=O) groups excluding carboxylic acids is 1. The molecule has 0 aromatic rings. The number of hydrogen-bond donors (Lipinski definition) is 2. The highest BCUT2D eigenvalue weighted by Crippen LogP contribution is 2.11. The van der Waals surface area contributed by atoms with Crippen LogP contribution < -0.4 is 10.5 Å². The van der Waals surface area contributed by atoms with Gasteiger partial charge in [-0.25, -0.2) is 8.42 Å². The molecule has 0 saturated carbocycles. The van der Waals surface area contributed by atoms with Crippen LogP contribution in [-0.4, -0.2) is 26.6 Å². The average molecular weight is 250 g/mol. The van der Waals surface area contributed by atoms with Gasteiger partial charge in [0.05, 0.1) is 11.7 Å². The number of amides is 1. The van der Waals surface area contributed by atoms with Gasteiger partial charge in [0.25, 0.3) is 0 Å². The zero-order chi connectivity index (χ0) is 12.8. The standard InChI is InChI=1S/C10H22N2O3S/c1-4-5-16(14,15)12-10(13)9(7-11)6-8(2)3/h8-9H,4-7,11H2,1-3H3,(H,12,13). The number of sulfonamides is 1. The van der Waals surface area contributed by atoms with Gasteiger partial charge < -0.3 is 5.73 Å². The van der Waals surface area contributed by atoms with E-state index in [4.69, 9.17) is 5.73 Å². The third-order valence-electron chi connectivity index (χ3n) is 2.14. The van der Waals surface area contributed by atoms with Crippen molar-refractivity contribution in [1.29, 1.82) is 0 Å². The molecule has 3 N–H and O–H groups in total. The number of nitrogens with two attached hydrogens (primary N) is 1. The Kier molecular flexibility index (Phi) is 6.59. The number of carbonyl (C=O) groups is 1. The Labute approximate surface area is 97.8 Å². The molecule has 1 atom stereocenters. The van der Waals surface area contributed by atoms with E-state index < -0.39 is 21.8 Å². The molecule has 16 heavy (non-hydrogen) atoms. The summed E-state index contributed by atoms with van der Waals surface area (Å²) in [5, 5.41) is 0. The van der Waals surface area contributed by atoms with Crippen LogP contribution in [0.15, 0.2) is 0 Å². The van der Waals surface area contributed by atoms with Gasteiger partial charge in [-0.3, -0.25) is 9.52 Å². The van der Waals surface area contributed by atoms with Crippen LogP contribution in [0.5, 0.6) is 0 Å². The smallest absolute Gasteiger partial charge is 0.237 e. The molecule has 0 aromatic heterocycles. The van der Waals surface area contributed by atoms with Crippen molar-refractivity contribution in [2.75, 3.05) is 12.3 Å². The highest BCUT2D eigenvalue weighted by Gasteiger charge is 2.22. The van der Waals surface area contributed by atoms with Crippen molar-refractivity contribution >= 4 is 15.9 Å². The third kappa shape index (κ3) is 6.07. The summed E-state index contributed by atoms with van der Waals surface area (Å²) in [5.74, 6) is -0.623. The lowest BCUT2D eigenvalue weighted by Gasteiger charge is -2.16. The van der Waals surface area contributed by atoms with Gasteiger partial charge in [-0.15, -0.1) is 0 Å². The Hall–Kier alpha value is -0.620. The predicted octanol–water partition coefficient (Wildman–Crippen LogP) is 0.463. The molecule has 1 amide bonds. The topological polar surface area (TPSA) is 89.3 Å². The Bertz CT molecular complexity index is 312. The zero-order valence-corrected chi connectivity index (χ0v) is 11.0. The van der Waals surface area contributed by atoms with E-state index in [1.807, 2.05) is 13.8 Å². The van der Waals surface area contributed by atoms with Crippen LogP contribution in [-0.2, 0) is 14.8 Å². The Balaban J connectivity index is 4.42. The van der Waals surface area contributed by atoms with E-state index in [0.717, 1.165) is 0 Å². The van der Waals surface area contributed by atoms with E-state index in [1.54, 1.807) is 6.92 Å². The Morgan fingerprint density at radius 2 is 1.94 bits per heavy atom. The first-order chi connectivity index (χ1) is 7.32. The van der Waals surface area contributed by atoms with E-state index >= 15 is 0 Å². The molecule has 0 heterocycles. The molecule has 5 nitrogen and oxygen atoms in total. The summed E-state index contributed by atoms with van der Waals surface area (Å²) in [7, 11) is -3.48. The SMILES string of the molecule is CCCS(=O)(=O)NC(=O)C(CN)CC(C)C. The first-order valence-electron chi connectivity index (χ1n) is 5.56. The maximum absolute atomic E-state index is 11.6. The lowest BCUT2D eigenvalue weighted by molar-refractivity contribution is -0.123. The fraction of sp³-hybridized carbons (Fsp3) is 0.900.